The number of amides is 1. The van der Waals surface area contributed by atoms with Crippen LogP contribution in [-0.4, -0.2) is 60.4 Å². The number of carbonyl (C=O) groups excluding carboxylic acids is 2. The minimum absolute atomic E-state index is 0.127. The molecule has 0 aliphatic carbocycles. The van der Waals surface area contributed by atoms with E-state index in [9.17, 15) is 14.7 Å². The lowest BCUT2D eigenvalue weighted by Gasteiger charge is -2.27. The van der Waals surface area contributed by atoms with Gasteiger partial charge in [-0.15, -0.1) is 0 Å². The van der Waals surface area contributed by atoms with Crippen LogP contribution in [0.1, 0.15) is 61.4 Å². The fourth-order valence-electron chi connectivity index (χ4n) is 4.15. The zero-order valence-electron chi connectivity index (χ0n) is 21.1. The van der Waals surface area contributed by atoms with Crippen LogP contribution in [0, 0.1) is 6.92 Å². The van der Waals surface area contributed by atoms with E-state index >= 15 is 0 Å². The largest absolute Gasteiger partial charge is 0.507 e. The van der Waals surface area contributed by atoms with Gasteiger partial charge in [0.25, 0.3) is 11.7 Å². The van der Waals surface area contributed by atoms with E-state index < -0.39 is 17.7 Å². The van der Waals surface area contributed by atoms with E-state index in [-0.39, 0.29) is 11.3 Å². The number of likely N-dealkylation sites (N-methyl/N-ethyl adjacent to an activating group) is 1. The van der Waals surface area contributed by atoms with Crippen LogP contribution in [0.2, 0.25) is 0 Å². The lowest BCUT2D eigenvalue weighted by molar-refractivity contribution is -0.140. The lowest BCUT2D eigenvalue weighted by atomic mass is 9.93. The molecular weight excluding hydrogens is 428 g/mol. The fourth-order valence-corrected chi connectivity index (χ4v) is 4.15. The second-order valence-corrected chi connectivity index (χ2v) is 9.45. The summed E-state index contributed by atoms with van der Waals surface area (Å²) in [5.41, 5.74) is 3.46. The number of hydrogen-bond donors (Lipinski definition) is 1. The first kappa shape index (κ1) is 25.5. The standard InChI is InChI=1S/C28H36N2O4/c1-7-16-34-23-13-12-22(17-19(23)4)26(31)24-25(21-10-8-20(9-11-21)18(2)3)30(15-14-29(5)6)28(33)27(24)32/h8-13,17-18,25,31H,7,14-16H2,1-6H3/t25-/m0/s1. The van der Waals surface area contributed by atoms with E-state index in [2.05, 4.69) is 13.8 Å². The Labute approximate surface area is 202 Å². The van der Waals surface area contributed by atoms with Crippen LogP contribution in [0.5, 0.6) is 5.75 Å². The molecular formula is C28H36N2O4. The molecule has 6 nitrogen and oxygen atoms in total. The Kier molecular flexibility index (Phi) is 8.15. The van der Waals surface area contributed by atoms with Gasteiger partial charge in [0, 0.05) is 18.7 Å². The predicted molar refractivity (Wildman–Crippen MR) is 135 cm³/mol. The molecule has 2 aromatic carbocycles. The minimum atomic E-state index is -0.654. The van der Waals surface area contributed by atoms with Crippen molar-refractivity contribution in [3.63, 3.8) is 0 Å². The van der Waals surface area contributed by atoms with Gasteiger partial charge in [-0.3, -0.25) is 9.59 Å². The van der Waals surface area contributed by atoms with E-state index in [0.29, 0.717) is 31.2 Å². The third-order valence-electron chi connectivity index (χ3n) is 6.16. The molecule has 6 heteroatoms. The third kappa shape index (κ3) is 5.33. The number of hydrogen-bond acceptors (Lipinski definition) is 5. The van der Waals surface area contributed by atoms with Crippen molar-refractivity contribution >= 4 is 17.4 Å². The number of aliphatic hydroxyl groups is 1. The molecule has 1 atom stereocenters. The van der Waals surface area contributed by atoms with Crippen LogP contribution in [0.3, 0.4) is 0 Å². The summed E-state index contributed by atoms with van der Waals surface area (Å²) >= 11 is 0. The predicted octanol–water partition coefficient (Wildman–Crippen LogP) is 4.89. The summed E-state index contributed by atoms with van der Waals surface area (Å²) in [5, 5.41) is 11.3. The first-order valence-electron chi connectivity index (χ1n) is 11.9. The molecule has 1 aliphatic rings. The molecule has 182 valence electrons. The molecule has 34 heavy (non-hydrogen) atoms. The second kappa shape index (κ2) is 10.9. The number of nitrogens with zero attached hydrogens (tertiary/aromatic N) is 2. The van der Waals surface area contributed by atoms with Crippen LogP contribution in [0.25, 0.3) is 5.76 Å². The highest BCUT2D eigenvalue weighted by atomic mass is 16.5. The van der Waals surface area contributed by atoms with Crippen molar-refractivity contribution < 1.29 is 19.4 Å². The molecule has 2 aromatic rings. The van der Waals surface area contributed by atoms with Crippen molar-refractivity contribution in [3.05, 3.63) is 70.3 Å². The average Bonchev–Trinajstić information content (AvgIpc) is 3.06. The van der Waals surface area contributed by atoms with E-state index in [1.54, 1.807) is 23.1 Å². The number of benzene rings is 2. The molecule has 0 bridgehead atoms. The maximum absolute atomic E-state index is 13.2. The summed E-state index contributed by atoms with van der Waals surface area (Å²) in [5.74, 6) is -0.288. The SMILES string of the molecule is CCCOc1ccc(C(O)=C2C(=O)C(=O)N(CCN(C)C)[C@H]2c2ccc(C(C)C)cc2)cc1C. The van der Waals surface area contributed by atoms with E-state index in [1.807, 2.05) is 57.1 Å². The Hall–Kier alpha value is -3.12. The Morgan fingerprint density at radius 1 is 1.12 bits per heavy atom. The van der Waals surface area contributed by atoms with Gasteiger partial charge in [-0.1, -0.05) is 45.0 Å². The topological polar surface area (TPSA) is 70.1 Å². The molecule has 3 rings (SSSR count). The molecule has 0 saturated carbocycles. The fraction of sp³-hybridized carbons (Fsp3) is 0.429. The Morgan fingerprint density at radius 2 is 1.79 bits per heavy atom. The second-order valence-electron chi connectivity index (χ2n) is 9.45. The highest BCUT2D eigenvalue weighted by Gasteiger charge is 2.45. The lowest BCUT2D eigenvalue weighted by Crippen LogP contribution is -2.35. The van der Waals surface area contributed by atoms with Gasteiger partial charge in [0.1, 0.15) is 11.5 Å². The number of carbonyl (C=O) groups is 2. The summed E-state index contributed by atoms with van der Waals surface area (Å²) in [6, 6.07) is 12.6. The average molecular weight is 465 g/mol. The summed E-state index contributed by atoms with van der Waals surface area (Å²) < 4.78 is 5.75. The molecule has 0 radical (unpaired) electrons. The molecule has 0 unspecified atom stereocenters. The van der Waals surface area contributed by atoms with Crippen molar-refractivity contribution in [3.8, 4) is 5.75 Å². The van der Waals surface area contributed by atoms with Gasteiger partial charge in [0.15, 0.2) is 0 Å². The number of aliphatic hydroxyl groups excluding tert-OH is 1. The summed E-state index contributed by atoms with van der Waals surface area (Å²) in [4.78, 5) is 29.8. The molecule has 0 spiro atoms. The first-order chi connectivity index (χ1) is 16.1. The van der Waals surface area contributed by atoms with Crippen LogP contribution >= 0.6 is 0 Å². The first-order valence-corrected chi connectivity index (χ1v) is 11.9. The van der Waals surface area contributed by atoms with Crippen LogP contribution in [0.4, 0.5) is 0 Å². The smallest absolute Gasteiger partial charge is 0.295 e. The number of likely N-dealkylation sites (tertiary alicyclic amines) is 1. The quantitative estimate of drug-likeness (QED) is 0.325. The molecule has 1 amide bonds. The molecule has 0 aromatic heterocycles. The van der Waals surface area contributed by atoms with Crippen molar-refractivity contribution in [2.45, 2.75) is 46.1 Å². The van der Waals surface area contributed by atoms with E-state index in [1.165, 1.54) is 5.56 Å². The minimum Gasteiger partial charge on any atom is -0.507 e. The van der Waals surface area contributed by atoms with Gasteiger partial charge >= 0.3 is 0 Å². The van der Waals surface area contributed by atoms with E-state index in [0.717, 1.165) is 23.3 Å². The normalized spacial score (nSPS) is 17.8. The monoisotopic (exact) mass is 464 g/mol. The Bertz CT molecular complexity index is 1070. The van der Waals surface area contributed by atoms with Crippen LogP contribution in [0.15, 0.2) is 48.0 Å². The van der Waals surface area contributed by atoms with Gasteiger partial charge in [0.05, 0.1) is 18.2 Å². The highest BCUT2D eigenvalue weighted by Crippen LogP contribution is 2.40. The number of rotatable bonds is 9. The third-order valence-corrected chi connectivity index (χ3v) is 6.16. The summed E-state index contributed by atoms with van der Waals surface area (Å²) in [6.45, 7) is 9.78. The zero-order chi connectivity index (χ0) is 25.0. The van der Waals surface area contributed by atoms with Crippen molar-refractivity contribution in [1.29, 1.82) is 0 Å². The number of ketones is 1. The van der Waals surface area contributed by atoms with Crippen LogP contribution in [-0.2, 0) is 9.59 Å². The zero-order valence-corrected chi connectivity index (χ0v) is 21.1. The van der Waals surface area contributed by atoms with Crippen molar-refractivity contribution in [2.24, 2.45) is 0 Å². The molecule has 1 aliphatic heterocycles. The number of ether oxygens (including phenoxy) is 1. The maximum atomic E-state index is 13.2. The highest BCUT2D eigenvalue weighted by molar-refractivity contribution is 6.46. The molecule has 1 saturated heterocycles. The van der Waals surface area contributed by atoms with Crippen molar-refractivity contribution in [1.82, 2.24) is 9.80 Å². The summed E-state index contributed by atoms with van der Waals surface area (Å²) in [7, 11) is 3.85. The van der Waals surface area contributed by atoms with Crippen molar-refractivity contribution in [2.75, 3.05) is 33.8 Å². The Balaban J connectivity index is 2.09. The van der Waals surface area contributed by atoms with Gasteiger partial charge in [-0.25, -0.2) is 0 Å². The number of Topliss-reactive ketones (excluding diaryl/α,β-unsaturated/α-hetero) is 1. The van der Waals surface area contributed by atoms with Crippen LogP contribution < -0.4 is 4.74 Å². The number of aryl methyl sites for hydroxylation is 1. The molecule has 1 heterocycles. The molecule has 1 N–H and O–H groups in total. The van der Waals surface area contributed by atoms with Gasteiger partial charge in [-0.05, 0) is 68.2 Å². The maximum Gasteiger partial charge on any atom is 0.295 e. The van der Waals surface area contributed by atoms with Gasteiger partial charge in [0.2, 0.25) is 0 Å². The Morgan fingerprint density at radius 3 is 2.35 bits per heavy atom. The summed E-state index contributed by atoms with van der Waals surface area (Å²) in [6.07, 6.45) is 0.896. The molecule has 1 fully saturated rings. The van der Waals surface area contributed by atoms with Gasteiger partial charge in [-0.2, -0.15) is 0 Å². The van der Waals surface area contributed by atoms with Gasteiger partial charge < -0.3 is 19.6 Å². The van der Waals surface area contributed by atoms with E-state index in [4.69, 9.17) is 4.74 Å².